The summed E-state index contributed by atoms with van der Waals surface area (Å²) in [4.78, 5) is 2.63. The lowest BCUT2D eigenvalue weighted by Gasteiger charge is -2.33. The summed E-state index contributed by atoms with van der Waals surface area (Å²) >= 11 is 0. The van der Waals surface area contributed by atoms with Crippen LogP contribution in [0.5, 0.6) is 0 Å². The fourth-order valence-electron chi connectivity index (χ4n) is 11.9. The van der Waals surface area contributed by atoms with Crippen LogP contribution in [0.25, 0.3) is 44.2 Å². The van der Waals surface area contributed by atoms with Crippen LogP contribution in [0, 0.1) is 11.8 Å². The molecule has 7 aromatic rings. The molecule has 0 spiro atoms. The number of benzene rings is 7. The zero-order chi connectivity index (χ0) is 38.1. The van der Waals surface area contributed by atoms with E-state index in [1.54, 1.807) is 0 Å². The Kier molecular flexibility index (Phi) is 8.50. The lowest BCUT2D eigenvalue weighted by Crippen LogP contribution is -2.18. The molecule has 3 saturated carbocycles. The Morgan fingerprint density at radius 2 is 1.19 bits per heavy atom. The Hall–Kier alpha value is -5.40. The Balaban J connectivity index is 1.18. The molecule has 0 heterocycles. The highest BCUT2D eigenvalue weighted by Gasteiger charge is 2.41. The van der Waals surface area contributed by atoms with E-state index in [-0.39, 0.29) is 5.41 Å². The van der Waals surface area contributed by atoms with Crippen molar-refractivity contribution in [2.24, 2.45) is 11.8 Å². The van der Waals surface area contributed by atoms with Gasteiger partial charge in [0.15, 0.2) is 0 Å². The molecule has 0 N–H and O–H groups in total. The average Bonchev–Trinajstić information content (AvgIpc) is 3.97. The van der Waals surface area contributed by atoms with Gasteiger partial charge in [-0.3, -0.25) is 0 Å². The molecule has 4 aliphatic rings. The summed E-state index contributed by atoms with van der Waals surface area (Å²) in [6.45, 7) is 4.84. The monoisotopic (exact) mass is 739 g/mol. The van der Waals surface area contributed by atoms with Gasteiger partial charge < -0.3 is 4.90 Å². The van der Waals surface area contributed by atoms with Gasteiger partial charge in [0, 0.05) is 22.2 Å². The van der Waals surface area contributed by atoms with Gasteiger partial charge in [0.2, 0.25) is 0 Å². The first-order valence-electron chi connectivity index (χ1n) is 21.9. The van der Waals surface area contributed by atoms with E-state index in [1.807, 2.05) is 0 Å². The summed E-state index contributed by atoms with van der Waals surface area (Å²) in [5.74, 6) is 3.08. The van der Waals surface area contributed by atoms with Crippen LogP contribution >= 0.6 is 0 Å². The van der Waals surface area contributed by atoms with Crippen molar-refractivity contribution in [2.45, 2.75) is 88.9 Å². The number of para-hydroxylation sites is 1. The SMILES string of the molecule is CC1(C)c2ccccc2-c2cc(-c3cccc4ccccc34)c(N(c3ccc(C4CC5CCC4C5)cc3)c3ccccc3-c3ccccc3C3CCCCC3)cc21. The maximum absolute atomic E-state index is 2.63. The van der Waals surface area contributed by atoms with Gasteiger partial charge in [-0.25, -0.2) is 0 Å². The zero-order valence-corrected chi connectivity index (χ0v) is 33.6. The summed E-state index contributed by atoms with van der Waals surface area (Å²) in [6, 6.07) is 58.5. The fraction of sp³-hybridized carbons (Fsp3) is 0.286. The van der Waals surface area contributed by atoms with Crippen LogP contribution in [0.3, 0.4) is 0 Å². The highest BCUT2D eigenvalue weighted by Crippen LogP contribution is 2.56. The minimum absolute atomic E-state index is 0.137. The third-order valence-corrected chi connectivity index (χ3v) is 14.8. The summed E-state index contributed by atoms with van der Waals surface area (Å²) < 4.78 is 0. The maximum atomic E-state index is 2.63. The summed E-state index contributed by atoms with van der Waals surface area (Å²) in [5.41, 5.74) is 17.3. The Morgan fingerprint density at radius 1 is 0.491 bits per heavy atom. The molecule has 3 atom stereocenters. The first-order chi connectivity index (χ1) is 28.0. The summed E-state index contributed by atoms with van der Waals surface area (Å²) in [6.07, 6.45) is 12.2. The van der Waals surface area contributed by atoms with E-state index in [2.05, 4.69) is 170 Å². The molecule has 3 unspecified atom stereocenters. The van der Waals surface area contributed by atoms with Gasteiger partial charge in [-0.2, -0.15) is 0 Å². The smallest absolute Gasteiger partial charge is 0.0544 e. The molecule has 2 bridgehead atoms. The number of hydrogen-bond acceptors (Lipinski definition) is 1. The molecule has 4 aliphatic carbocycles. The molecule has 3 fully saturated rings. The van der Waals surface area contributed by atoms with Gasteiger partial charge in [0.05, 0.1) is 11.4 Å². The van der Waals surface area contributed by atoms with E-state index in [0.29, 0.717) is 11.8 Å². The van der Waals surface area contributed by atoms with Gasteiger partial charge in [0.1, 0.15) is 0 Å². The first-order valence-corrected chi connectivity index (χ1v) is 21.9. The minimum atomic E-state index is -0.137. The second-order valence-corrected chi connectivity index (χ2v) is 18.3. The van der Waals surface area contributed by atoms with Crippen LogP contribution in [0.1, 0.15) is 106 Å². The Bertz CT molecular complexity index is 2620. The molecule has 0 radical (unpaired) electrons. The summed E-state index contributed by atoms with van der Waals surface area (Å²) in [5, 5.41) is 2.56. The van der Waals surface area contributed by atoms with Crippen molar-refractivity contribution in [3.05, 3.63) is 174 Å². The number of nitrogens with zero attached hydrogens (tertiary/aromatic N) is 1. The van der Waals surface area contributed by atoms with Gasteiger partial charge in [-0.05, 0) is 141 Å². The predicted octanol–water partition coefficient (Wildman–Crippen LogP) is 15.9. The lowest BCUT2D eigenvalue weighted by atomic mass is 9.80. The quantitative estimate of drug-likeness (QED) is 0.157. The average molecular weight is 740 g/mol. The molecule has 1 nitrogen and oxygen atoms in total. The predicted molar refractivity (Wildman–Crippen MR) is 241 cm³/mol. The molecular formula is C56H53N. The largest absolute Gasteiger partial charge is 0.309 e. The van der Waals surface area contributed by atoms with Gasteiger partial charge in [-0.15, -0.1) is 0 Å². The molecule has 1 heteroatoms. The van der Waals surface area contributed by atoms with Crippen LogP contribution in [-0.4, -0.2) is 0 Å². The molecule has 0 amide bonds. The van der Waals surface area contributed by atoms with Crippen molar-refractivity contribution in [3.63, 3.8) is 0 Å². The van der Waals surface area contributed by atoms with Crippen molar-refractivity contribution in [2.75, 3.05) is 4.90 Å². The van der Waals surface area contributed by atoms with E-state index in [4.69, 9.17) is 0 Å². The van der Waals surface area contributed by atoms with Crippen molar-refractivity contribution >= 4 is 27.8 Å². The van der Waals surface area contributed by atoms with E-state index in [0.717, 1.165) is 11.8 Å². The first kappa shape index (κ1) is 34.8. The molecule has 0 saturated heterocycles. The summed E-state index contributed by atoms with van der Waals surface area (Å²) in [7, 11) is 0. The topological polar surface area (TPSA) is 3.24 Å². The molecule has 11 rings (SSSR count). The molecule has 282 valence electrons. The maximum Gasteiger partial charge on any atom is 0.0544 e. The van der Waals surface area contributed by atoms with Crippen molar-refractivity contribution in [3.8, 4) is 33.4 Å². The second-order valence-electron chi connectivity index (χ2n) is 18.3. The van der Waals surface area contributed by atoms with Crippen LogP contribution in [0.15, 0.2) is 152 Å². The highest BCUT2D eigenvalue weighted by atomic mass is 15.1. The third kappa shape index (κ3) is 5.80. The normalized spacial score (nSPS) is 20.8. The number of fused-ring (bicyclic) bond motifs is 6. The minimum Gasteiger partial charge on any atom is -0.309 e. The van der Waals surface area contributed by atoms with Crippen molar-refractivity contribution in [1.29, 1.82) is 0 Å². The van der Waals surface area contributed by atoms with E-state index in [9.17, 15) is 0 Å². The molecule has 7 aromatic carbocycles. The molecule has 0 aliphatic heterocycles. The van der Waals surface area contributed by atoms with Crippen LogP contribution < -0.4 is 4.90 Å². The number of anilines is 3. The van der Waals surface area contributed by atoms with E-state index >= 15 is 0 Å². The second kappa shape index (κ2) is 13.9. The standard InChI is InChI=1S/C56H53N/c1-56(2)52-25-12-10-22-47(52)50-35-51(46-24-14-18-39-17-6-7-19-44(39)46)55(36-53(50)56)57(42-31-29-40(30-32-42)49-34-37-27-28-41(49)33-37)54-26-13-11-23-48(54)45-21-9-8-20-43(45)38-15-4-3-5-16-38/h6-14,17-26,29-32,35-38,41,49H,3-5,15-16,27-28,33-34H2,1-2H3. The van der Waals surface area contributed by atoms with Crippen molar-refractivity contribution < 1.29 is 0 Å². The molecular weight excluding hydrogens is 687 g/mol. The zero-order valence-electron chi connectivity index (χ0n) is 33.6. The van der Waals surface area contributed by atoms with Gasteiger partial charge in [-0.1, -0.05) is 161 Å². The van der Waals surface area contributed by atoms with Gasteiger partial charge in [0.25, 0.3) is 0 Å². The number of rotatable bonds is 7. The Morgan fingerprint density at radius 3 is 2.00 bits per heavy atom. The lowest BCUT2D eigenvalue weighted by molar-refractivity contribution is 0.420. The van der Waals surface area contributed by atoms with Crippen LogP contribution in [-0.2, 0) is 5.41 Å². The van der Waals surface area contributed by atoms with Crippen molar-refractivity contribution in [1.82, 2.24) is 0 Å². The van der Waals surface area contributed by atoms with E-state index < -0.39 is 0 Å². The van der Waals surface area contributed by atoms with E-state index in [1.165, 1.54) is 141 Å². The van der Waals surface area contributed by atoms with Crippen LogP contribution in [0.4, 0.5) is 17.1 Å². The van der Waals surface area contributed by atoms with Gasteiger partial charge >= 0.3 is 0 Å². The highest BCUT2D eigenvalue weighted by molar-refractivity contribution is 6.04. The number of hydrogen-bond donors (Lipinski definition) is 0. The Labute approximate surface area is 339 Å². The third-order valence-electron chi connectivity index (χ3n) is 14.8. The fourth-order valence-corrected chi connectivity index (χ4v) is 11.9. The van der Waals surface area contributed by atoms with Crippen LogP contribution in [0.2, 0.25) is 0 Å². The molecule has 0 aromatic heterocycles. The molecule has 57 heavy (non-hydrogen) atoms.